The van der Waals surface area contributed by atoms with Crippen LogP contribution < -0.4 is 24.8 Å². The van der Waals surface area contributed by atoms with Crippen LogP contribution in [0.15, 0.2) is 61.2 Å². The zero-order valence-electron chi connectivity index (χ0n) is 15.0. The van der Waals surface area contributed by atoms with Gasteiger partial charge in [-0.05, 0) is 55.5 Å². The van der Waals surface area contributed by atoms with Crippen molar-refractivity contribution < 1.29 is 14.2 Å². The Morgan fingerprint density at radius 3 is 2.46 bits per heavy atom. The van der Waals surface area contributed by atoms with E-state index in [1.807, 2.05) is 55.5 Å². The van der Waals surface area contributed by atoms with E-state index in [-0.39, 0.29) is 6.04 Å². The van der Waals surface area contributed by atoms with Crippen LogP contribution in [0, 0.1) is 0 Å². The smallest absolute Gasteiger partial charge is 0.171 e. The number of thiocarbonyl (C=S) groups is 1. The van der Waals surface area contributed by atoms with Crippen LogP contribution in [0.4, 0.5) is 5.69 Å². The lowest BCUT2D eigenvalue weighted by molar-refractivity contribution is 0.270. The number of hydrogen-bond acceptors (Lipinski definition) is 4. The number of nitrogens with one attached hydrogen (secondary N) is 2. The molecular weight excluding hydrogens is 348 g/mol. The second-order valence-corrected chi connectivity index (χ2v) is 5.99. The molecule has 0 bridgehead atoms. The first kappa shape index (κ1) is 19.6. The largest absolute Gasteiger partial charge is 0.493 e. The average molecular weight is 372 g/mol. The molecule has 5 nitrogen and oxygen atoms in total. The van der Waals surface area contributed by atoms with Crippen LogP contribution in [0.3, 0.4) is 0 Å². The first-order valence-corrected chi connectivity index (χ1v) is 8.70. The maximum Gasteiger partial charge on any atom is 0.171 e. The quantitative estimate of drug-likeness (QED) is 0.512. The zero-order valence-corrected chi connectivity index (χ0v) is 15.8. The number of hydrogen-bond donors (Lipinski definition) is 2. The van der Waals surface area contributed by atoms with E-state index in [1.54, 1.807) is 13.2 Å². The summed E-state index contributed by atoms with van der Waals surface area (Å²) in [5.74, 6) is 2.20. The van der Waals surface area contributed by atoms with Gasteiger partial charge in [-0.1, -0.05) is 24.8 Å². The summed E-state index contributed by atoms with van der Waals surface area (Å²) in [7, 11) is 1.62. The SMILES string of the molecule is C=CCOc1ccc(NC(=S)N[C@@H](C)COc2ccccc2OC)cc1. The predicted octanol–water partition coefficient (Wildman–Crippen LogP) is 4.01. The van der Waals surface area contributed by atoms with E-state index in [1.165, 1.54) is 0 Å². The van der Waals surface area contributed by atoms with E-state index >= 15 is 0 Å². The van der Waals surface area contributed by atoms with E-state index in [0.717, 1.165) is 11.4 Å². The monoisotopic (exact) mass is 372 g/mol. The lowest BCUT2D eigenvalue weighted by Gasteiger charge is -2.18. The molecule has 0 spiro atoms. The minimum Gasteiger partial charge on any atom is -0.493 e. The molecule has 2 N–H and O–H groups in total. The fourth-order valence-corrected chi connectivity index (χ4v) is 2.49. The lowest BCUT2D eigenvalue weighted by Crippen LogP contribution is -2.39. The molecule has 0 saturated carbocycles. The number of rotatable bonds is 9. The summed E-state index contributed by atoms with van der Waals surface area (Å²) in [6.45, 7) is 6.56. The number of methoxy groups -OCH3 is 1. The molecule has 0 heterocycles. The highest BCUT2D eigenvalue weighted by atomic mass is 32.1. The van der Waals surface area contributed by atoms with E-state index in [0.29, 0.717) is 29.8 Å². The maximum absolute atomic E-state index is 5.79. The molecule has 0 aliphatic rings. The predicted molar refractivity (Wildman–Crippen MR) is 109 cm³/mol. The number of benzene rings is 2. The van der Waals surface area contributed by atoms with Crippen LogP contribution in [0.2, 0.25) is 0 Å². The van der Waals surface area contributed by atoms with Crippen molar-refractivity contribution in [2.45, 2.75) is 13.0 Å². The van der Waals surface area contributed by atoms with Gasteiger partial charge in [0.15, 0.2) is 16.6 Å². The summed E-state index contributed by atoms with van der Waals surface area (Å²) < 4.78 is 16.5. The summed E-state index contributed by atoms with van der Waals surface area (Å²) in [5.41, 5.74) is 0.881. The highest BCUT2D eigenvalue weighted by Gasteiger charge is 2.08. The Morgan fingerprint density at radius 2 is 1.81 bits per heavy atom. The van der Waals surface area contributed by atoms with Gasteiger partial charge in [0, 0.05) is 5.69 Å². The van der Waals surface area contributed by atoms with Gasteiger partial charge in [-0.15, -0.1) is 0 Å². The van der Waals surface area contributed by atoms with Gasteiger partial charge in [-0.2, -0.15) is 0 Å². The number of anilines is 1. The highest BCUT2D eigenvalue weighted by molar-refractivity contribution is 7.80. The van der Waals surface area contributed by atoms with Gasteiger partial charge in [-0.25, -0.2) is 0 Å². The van der Waals surface area contributed by atoms with Crippen LogP contribution in [0.5, 0.6) is 17.2 Å². The van der Waals surface area contributed by atoms with E-state index in [2.05, 4.69) is 17.2 Å². The minimum atomic E-state index is 0.0233. The van der Waals surface area contributed by atoms with Gasteiger partial charge in [0.25, 0.3) is 0 Å². The van der Waals surface area contributed by atoms with Crippen LogP contribution in [0.25, 0.3) is 0 Å². The first-order valence-electron chi connectivity index (χ1n) is 8.29. The molecule has 0 aliphatic carbocycles. The van der Waals surface area contributed by atoms with Crippen LogP contribution in [-0.2, 0) is 0 Å². The molecule has 2 aromatic rings. The number of para-hydroxylation sites is 2. The molecule has 0 aliphatic heterocycles. The molecule has 138 valence electrons. The van der Waals surface area contributed by atoms with Crippen molar-refractivity contribution in [1.82, 2.24) is 5.32 Å². The number of ether oxygens (including phenoxy) is 3. The van der Waals surface area contributed by atoms with Crippen molar-refractivity contribution in [2.24, 2.45) is 0 Å². The summed E-state index contributed by atoms with van der Waals surface area (Å²) in [6, 6.07) is 15.1. The highest BCUT2D eigenvalue weighted by Crippen LogP contribution is 2.25. The second kappa shape index (κ2) is 10.3. The second-order valence-electron chi connectivity index (χ2n) is 5.59. The van der Waals surface area contributed by atoms with Crippen molar-refractivity contribution in [1.29, 1.82) is 0 Å². The van der Waals surface area contributed by atoms with Crippen LogP contribution in [0.1, 0.15) is 6.92 Å². The summed E-state index contributed by atoms with van der Waals surface area (Å²) in [6.07, 6.45) is 1.71. The lowest BCUT2D eigenvalue weighted by atomic mass is 10.3. The van der Waals surface area contributed by atoms with Crippen molar-refractivity contribution in [3.05, 3.63) is 61.2 Å². The van der Waals surface area contributed by atoms with Gasteiger partial charge in [0.05, 0.1) is 13.2 Å². The summed E-state index contributed by atoms with van der Waals surface area (Å²) >= 11 is 5.35. The van der Waals surface area contributed by atoms with Crippen LogP contribution in [-0.4, -0.2) is 31.5 Å². The van der Waals surface area contributed by atoms with Gasteiger partial charge >= 0.3 is 0 Å². The minimum absolute atomic E-state index is 0.0233. The molecule has 0 saturated heterocycles. The Hall–Kier alpha value is -2.73. The summed E-state index contributed by atoms with van der Waals surface area (Å²) in [4.78, 5) is 0. The first-order chi connectivity index (χ1) is 12.6. The molecule has 1 atom stereocenters. The third kappa shape index (κ3) is 6.29. The van der Waals surface area contributed by atoms with Gasteiger partial charge in [-0.3, -0.25) is 0 Å². The molecule has 0 aromatic heterocycles. The van der Waals surface area contributed by atoms with E-state index in [9.17, 15) is 0 Å². The van der Waals surface area contributed by atoms with E-state index < -0.39 is 0 Å². The normalized spacial score (nSPS) is 11.2. The maximum atomic E-state index is 5.79. The Bertz CT molecular complexity index is 719. The Morgan fingerprint density at radius 1 is 1.12 bits per heavy atom. The molecule has 0 unspecified atom stereocenters. The van der Waals surface area contributed by atoms with E-state index in [4.69, 9.17) is 26.4 Å². The van der Waals surface area contributed by atoms with Crippen molar-refractivity contribution >= 4 is 23.0 Å². The van der Waals surface area contributed by atoms with Gasteiger partial charge in [0.2, 0.25) is 0 Å². The van der Waals surface area contributed by atoms with Crippen molar-refractivity contribution in [3.63, 3.8) is 0 Å². The standard InChI is InChI=1S/C20H24N2O3S/c1-4-13-24-17-11-9-16(10-12-17)22-20(26)21-15(2)14-25-19-8-6-5-7-18(19)23-3/h4-12,15H,1,13-14H2,2-3H3,(H2,21,22,26)/t15-/m0/s1. The Labute approximate surface area is 160 Å². The molecule has 2 rings (SSSR count). The molecule has 0 radical (unpaired) electrons. The molecule has 2 aromatic carbocycles. The zero-order chi connectivity index (χ0) is 18.8. The van der Waals surface area contributed by atoms with Crippen LogP contribution >= 0.6 is 12.2 Å². The fourth-order valence-electron chi connectivity index (χ4n) is 2.18. The Balaban J connectivity index is 1.78. The molecule has 0 amide bonds. The summed E-state index contributed by atoms with van der Waals surface area (Å²) in [5, 5.41) is 6.86. The topological polar surface area (TPSA) is 51.8 Å². The third-order valence-corrected chi connectivity index (χ3v) is 3.64. The molecule has 0 fully saturated rings. The Kier molecular flexibility index (Phi) is 7.76. The third-order valence-electron chi connectivity index (χ3n) is 3.42. The van der Waals surface area contributed by atoms with Gasteiger partial charge < -0.3 is 24.8 Å². The van der Waals surface area contributed by atoms with Crippen molar-refractivity contribution in [2.75, 3.05) is 25.6 Å². The average Bonchev–Trinajstić information content (AvgIpc) is 2.66. The molecular formula is C20H24N2O3S. The molecule has 6 heteroatoms. The molecule has 26 heavy (non-hydrogen) atoms. The fraction of sp³-hybridized carbons (Fsp3) is 0.250. The van der Waals surface area contributed by atoms with Gasteiger partial charge in [0.1, 0.15) is 19.0 Å². The van der Waals surface area contributed by atoms with Crippen molar-refractivity contribution in [3.8, 4) is 17.2 Å².